The molecule has 1 aliphatic rings. The number of nitrogens with two attached hydrogens (primary N) is 1. The first-order valence-electron chi connectivity index (χ1n) is 6.34. The number of carbonyl (C=O) groups is 1. The van der Waals surface area contributed by atoms with Crippen LogP contribution in [0.25, 0.3) is 0 Å². The van der Waals surface area contributed by atoms with Gasteiger partial charge >= 0.3 is 0 Å². The van der Waals surface area contributed by atoms with Crippen LogP contribution in [0.2, 0.25) is 0 Å². The minimum Gasteiger partial charge on any atom is -0.409 e. The summed E-state index contributed by atoms with van der Waals surface area (Å²) < 4.78 is 0. The fourth-order valence-corrected chi connectivity index (χ4v) is 2.70. The number of hydrogen-bond acceptors (Lipinski definition) is 3. The van der Waals surface area contributed by atoms with Gasteiger partial charge in [0.2, 0.25) is 5.91 Å². The van der Waals surface area contributed by atoms with Crippen molar-refractivity contribution in [3.8, 4) is 0 Å². The van der Waals surface area contributed by atoms with Crippen LogP contribution in [-0.2, 0) is 4.79 Å². The summed E-state index contributed by atoms with van der Waals surface area (Å²) in [4.78, 5) is 14.2. The molecule has 18 heavy (non-hydrogen) atoms. The molecule has 0 atom stereocenters. The molecule has 0 saturated heterocycles. The lowest BCUT2D eigenvalue weighted by molar-refractivity contribution is -0.134. The number of carbonyl (C=O) groups excluding carboxylic acids is 1. The van der Waals surface area contributed by atoms with Crippen LogP contribution in [0.4, 0.5) is 0 Å². The van der Waals surface area contributed by atoms with Crippen LogP contribution in [0.3, 0.4) is 0 Å². The van der Waals surface area contributed by atoms with E-state index in [2.05, 4.69) is 32.9 Å². The molecule has 104 valence electrons. The summed E-state index contributed by atoms with van der Waals surface area (Å²) in [6, 6.07) is 0.0324. The number of rotatable bonds is 4. The Morgan fingerprint density at radius 1 is 1.33 bits per heavy atom. The van der Waals surface area contributed by atoms with Crippen molar-refractivity contribution in [2.24, 2.45) is 27.6 Å². The molecule has 0 spiro atoms. The van der Waals surface area contributed by atoms with Gasteiger partial charge in [0.15, 0.2) is 5.84 Å². The zero-order valence-electron chi connectivity index (χ0n) is 12.2. The zero-order valence-corrected chi connectivity index (χ0v) is 12.2. The van der Waals surface area contributed by atoms with E-state index in [1.165, 1.54) is 0 Å². The average molecular weight is 255 g/mol. The van der Waals surface area contributed by atoms with Gasteiger partial charge in [0.1, 0.15) is 0 Å². The molecule has 5 heteroatoms. The third-order valence-corrected chi connectivity index (χ3v) is 4.63. The predicted octanol–water partition coefficient (Wildman–Crippen LogP) is 1.65. The molecule has 1 amide bonds. The van der Waals surface area contributed by atoms with Gasteiger partial charge in [-0.25, -0.2) is 0 Å². The molecule has 0 aromatic rings. The largest absolute Gasteiger partial charge is 0.409 e. The van der Waals surface area contributed by atoms with Gasteiger partial charge in [0.05, 0.1) is 6.54 Å². The van der Waals surface area contributed by atoms with Gasteiger partial charge in [0, 0.05) is 12.0 Å². The van der Waals surface area contributed by atoms with Gasteiger partial charge < -0.3 is 15.8 Å². The maximum atomic E-state index is 12.6. The van der Waals surface area contributed by atoms with Gasteiger partial charge in [-0.1, -0.05) is 32.9 Å². The van der Waals surface area contributed by atoms with Gasteiger partial charge in [-0.2, -0.15) is 0 Å². The molecule has 1 fully saturated rings. The van der Waals surface area contributed by atoms with E-state index in [-0.39, 0.29) is 41.1 Å². The number of hydrogen-bond donors (Lipinski definition) is 2. The number of amidine groups is 1. The third-order valence-electron chi connectivity index (χ3n) is 4.63. The number of oxime groups is 1. The molecule has 0 radical (unpaired) electrons. The van der Waals surface area contributed by atoms with Crippen molar-refractivity contribution in [2.75, 3.05) is 6.54 Å². The smallest absolute Gasteiger partial charge is 0.227 e. The van der Waals surface area contributed by atoms with Crippen molar-refractivity contribution in [1.29, 1.82) is 0 Å². The highest BCUT2D eigenvalue weighted by atomic mass is 16.4. The Kier molecular flexibility index (Phi) is 3.65. The lowest BCUT2D eigenvalue weighted by atomic mass is 10.0. The van der Waals surface area contributed by atoms with Crippen molar-refractivity contribution in [2.45, 2.75) is 47.6 Å². The number of amides is 1. The van der Waals surface area contributed by atoms with Gasteiger partial charge in [-0.3, -0.25) is 4.79 Å². The van der Waals surface area contributed by atoms with Gasteiger partial charge in [0.25, 0.3) is 0 Å². The van der Waals surface area contributed by atoms with Crippen molar-refractivity contribution < 1.29 is 10.0 Å². The summed E-state index contributed by atoms with van der Waals surface area (Å²) in [7, 11) is 0. The van der Waals surface area contributed by atoms with Crippen molar-refractivity contribution >= 4 is 11.7 Å². The van der Waals surface area contributed by atoms with Crippen molar-refractivity contribution in [3.63, 3.8) is 0 Å². The predicted molar refractivity (Wildman–Crippen MR) is 71.3 cm³/mol. The third kappa shape index (κ3) is 2.18. The monoisotopic (exact) mass is 255 g/mol. The molecule has 0 aliphatic heterocycles. The zero-order chi connectivity index (χ0) is 14.3. The molecule has 0 aromatic carbocycles. The van der Waals surface area contributed by atoms with E-state index >= 15 is 0 Å². The fourth-order valence-electron chi connectivity index (χ4n) is 2.70. The molecule has 0 bridgehead atoms. The van der Waals surface area contributed by atoms with Crippen LogP contribution in [-0.4, -0.2) is 34.4 Å². The van der Waals surface area contributed by atoms with E-state index in [0.717, 1.165) is 0 Å². The second-order valence-corrected chi connectivity index (χ2v) is 6.53. The highest BCUT2D eigenvalue weighted by Crippen LogP contribution is 2.68. The summed E-state index contributed by atoms with van der Waals surface area (Å²) in [5.74, 6) is 0.152. The molecule has 5 nitrogen and oxygen atoms in total. The minimum atomic E-state index is -0.00103. The maximum absolute atomic E-state index is 12.6. The maximum Gasteiger partial charge on any atom is 0.227 e. The van der Waals surface area contributed by atoms with Gasteiger partial charge in [-0.15, -0.1) is 0 Å². The molecule has 0 heterocycles. The van der Waals surface area contributed by atoms with Crippen LogP contribution in [0, 0.1) is 16.7 Å². The first kappa shape index (κ1) is 14.8. The molecular weight excluding hydrogens is 230 g/mol. The Morgan fingerprint density at radius 3 is 2.06 bits per heavy atom. The molecule has 0 aromatic heterocycles. The van der Waals surface area contributed by atoms with Crippen LogP contribution in [0.5, 0.6) is 0 Å². The van der Waals surface area contributed by atoms with Crippen molar-refractivity contribution in [3.05, 3.63) is 0 Å². The Morgan fingerprint density at radius 2 is 1.78 bits per heavy atom. The molecule has 3 N–H and O–H groups in total. The highest BCUT2D eigenvalue weighted by molar-refractivity contribution is 5.90. The van der Waals surface area contributed by atoms with E-state index in [0.29, 0.717) is 0 Å². The quantitative estimate of drug-likeness (QED) is 0.347. The Hall–Kier alpha value is -1.26. The topological polar surface area (TPSA) is 78.9 Å². The van der Waals surface area contributed by atoms with Crippen molar-refractivity contribution in [1.82, 2.24) is 4.90 Å². The SMILES string of the molecule is CC(C)N(CC(N)=NO)C(=O)C1C(C)(C)C1(C)C. The Balaban J connectivity index is 2.87. The lowest BCUT2D eigenvalue weighted by Crippen LogP contribution is -2.44. The summed E-state index contributed by atoms with van der Waals surface area (Å²) in [5, 5.41) is 11.6. The molecule has 1 rings (SSSR count). The molecule has 1 saturated carbocycles. The molecular formula is C13H25N3O2. The van der Waals surface area contributed by atoms with E-state index in [4.69, 9.17) is 10.9 Å². The lowest BCUT2D eigenvalue weighted by Gasteiger charge is -2.27. The Labute approximate surface area is 109 Å². The van der Waals surface area contributed by atoms with E-state index in [9.17, 15) is 4.79 Å². The second kappa shape index (κ2) is 4.44. The standard InChI is InChI=1S/C13H25N3O2/c1-8(2)16(7-9(14)15-18)11(17)10-12(3,4)13(10,5)6/h8,10,18H,7H2,1-6H3,(H2,14,15). The van der Waals surface area contributed by atoms with E-state index in [1.807, 2.05) is 13.8 Å². The van der Waals surface area contributed by atoms with E-state index < -0.39 is 0 Å². The molecule has 1 aliphatic carbocycles. The van der Waals surface area contributed by atoms with Crippen LogP contribution >= 0.6 is 0 Å². The highest BCUT2D eigenvalue weighted by Gasteiger charge is 2.68. The average Bonchev–Trinajstić information content (AvgIpc) is 2.64. The summed E-state index contributed by atoms with van der Waals surface area (Å²) >= 11 is 0. The number of nitrogens with zero attached hydrogens (tertiary/aromatic N) is 2. The normalized spacial score (nSPS) is 22.1. The van der Waals surface area contributed by atoms with Crippen LogP contribution in [0.15, 0.2) is 5.16 Å². The molecule has 0 unspecified atom stereocenters. The second-order valence-electron chi connectivity index (χ2n) is 6.53. The van der Waals surface area contributed by atoms with Crippen LogP contribution in [0.1, 0.15) is 41.5 Å². The Bertz CT molecular complexity index is 358. The summed E-state index contributed by atoms with van der Waals surface area (Å²) in [5.41, 5.74) is 5.52. The summed E-state index contributed by atoms with van der Waals surface area (Å²) in [6.45, 7) is 12.5. The fraction of sp³-hybridized carbons (Fsp3) is 0.846. The minimum absolute atomic E-state index is 0.00103. The van der Waals surface area contributed by atoms with E-state index in [1.54, 1.807) is 4.90 Å². The van der Waals surface area contributed by atoms with Crippen LogP contribution < -0.4 is 5.73 Å². The summed E-state index contributed by atoms with van der Waals surface area (Å²) in [6.07, 6.45) is 0. The first-order valence-corrected chi connectivity index (χ1v) is 6.34. The van der Waals surface area contributed by atoms with Gasteiger partial charge in [-0.05, 0) is 24.7 Å². The first-order chi connectivity index (χ1) is 8.07.